The molecule has 1 heterocycles. The smallest absolute Gasteiger partial charge is 0.301 e. The molecular formula is C21H23F3N2OS. The molecule has 0 aliphatic heterocycles. The molecule has 6 rings (SSSR count). The summed E-state index contributed by atoms with van der Waals surface area (Å²) < 4.78 is 39.3. The molecule has 0 radical (unpaired) electrons. The summed E-state index contributed by atoms with van der Waals surface area (Å²) in [5.74, 6) is 0.603. The molecule has 1 amide bonds. The Morgan fingerprint density at radius 2 is 1.82 bits per heavy atom. The van der Waals surface area contributed by atoms with Crippen molar-refractivity contribution in [2.45, 2.75) is 58.5 Å². The Morgan fingerprint density at radius 3 is 2.43 bits per heavy atom. The number of nitrogens with zero attached hydrogens (tertiary/aromatic N) is 1. The Bertz CT molecular complexity index is 964. The van der Waals surface area contributed by atoms with Crippen molar-refractivity contribution in [2.75, 3.05) is 5.32 Å². The average molecular weight is 408 g/mol. The van der Waals surface area contributed by atoms with E-state index in [-0.39, 0.29) is 22.2 Å². The summed E-state index contributed by atoms with van der Waals surface area (Å²) >= 11 is 1.12. The monoisotopic (exact) mass is 408 g/mol. The number of fused-ring (bicyclic) bond motifs is 1. The highest BCUT2D eigenvalue weighted by atomic mass is 32.1. The van der Waals surface area contributed by atoms with Crippen molar-refractivity contribution in [2.24, 2.45) is 22.2 Å². The molecule has 2 unspecified atom stereocenters. The van der Waals surface area contributed by atoms with Crippen LogP contribution < -0.4 is 5.32 Å². The molecule has 1 N–H and O–H groups in total. The molecule has 2 atom stereocenters. The third-order valence-electron chi connectivity index (χ3n) is 7.04. The van der Waals surface area contributed by atoms with E-state index >= 15 is 0 Å². The number of amides is 1. The van der Waals surface area contributed by atoms with Gasteiger partial charge in [-0.2, -0.15) is 13.2 Å². The molecule has 0 spiro atoms. The van der Waals surface area contributed by atoms with E-state index in [1.807, 2.05) is 0 Å². The molecule has 0 saturated heterocycles. The van der Waals surface area contributed by atoms with Crippen molar-refractivity contribution in [3.63, 3.8) is 0 Å². The van der Waals surface area contributed by atoms with Gasteiger partial charge in [-0.1, -0.05) is 25.2 Å². The SMILES string of the molecule is CC12CC3CC(C)(C1)CC(C(=O)Nc1nc4ccc(C(F)(F)F)cc4s1)(C3)C2. The number of alkyl halides is 3. The van der Waals surface area contributed by atoms with Crippen molar-refractivity contribution >= 4 is 32.6 Å². The predicted octanol–water partition coefficient (Wildman–Crippen LogP) is 6.25. The largest absolute Gasteiger partial charge is 0.416 e. The topological polar surface area (TPSA) is 42.0 Å². The maximum atomic E-state index is 13.3. The first-order valence-corrected chi connectivity index (χ1v) is 10.6. The molecule has 150 valence electrons. The number of rotatable bonds is 2. The van der Waals surface area contributed by atoms with Crippen LogP contribution in [0.15, 0.2) is 18.2 Å². The Kier molecular flexibility index (Phi) is 3.61. The Morgan fingerprint density at radius 1 is 1.14 bits per heavy atom. The summed E-state index contributed by atoms with van der Waals surface area (Å²) in [6.45, 7) is 4.63. The van der Waals surface area contributed by atoms with Crippen molar-refractivity contribution in [1.82, 2.24) is 4.98 Å². The van der Waals surface area contributed by atoms with E-state index in [1.165, 1.54) is 25.3 Å². The minimum Gasteiger partial charge on any atom is -0.301 e. The normalized spacial score (nSPS) is 36.8. The molecule has 1 aromatic heterocycles. The Labute approximate surface area is 165 Å². The second-order valence-corrected chi connectivity index (χ2v) is 11.1. The van der Waals surface area contributed by atoms with Crippen LogP contribution in [0.5, 0.6) is 0 Å². The molecule has 4 fully saturated rings. The summed E-state index contributed by atoms with van der Waals surface area (Å²) in [6, 6.07) is 3.51. The van der Waals surface area contributed by atoms with Crippen LogP contribution in [0.1, 0.15) is 57.9 Å². The van der Waals surface area contributed by atoms with Crippen LogP contribution in [0.25, 0.3) is 10.2 Å². The maximum absolute atomic E-state index is 13.3. The highest BCUT2D eigenvalue weighted by Crippen LogP contribution is 2.69. The van der Waals surface area contributed by atoms with Gasteiger partial charge >= 0.3 is 6.18 Å². The van der Waals surface area contributed by atoms with Crippen LogP contribution in [0.3, 0.4) is 0 Å². The van der Waals surface area contributed by atoms with Gasteiger partial charge < -0.3 is 5.32 Å². The molecule has 3 nitrogen and oxygen atoms in total. The number of carbonyl (C=O) groups excluding carboxylic acids is 1. The summed E-state index contributed by atoms with van der Waals surface area (Å²) in [5.41, 5.74) is -0.125. The molecule has 2 aromatic rings. The lowest BCUT2D eigenvalue weighted by molar-refractivity contribution is -0.165. The first kappa shape index (κ1) is 18.4. The Hall–Kier alpha value is -1.63. The van der Waals surface area contributed by atoms with Crippen LogP contribution >= 0.6 is 11.3 Å². The van der Waals surface area contributed by atoms with Crippen molar-refractivity contribution in [3.05, 3.63) is 23.8 Å². The first-order chi connectivity index (χ1) is 13.0. The Balaban J connectivity index is 1.43. The third kappa shape index (κ3) is 2.85. The van der Waals surface area contributed by atoms with Crippen molar-refractivity contribution in [1.29, 1.82) is 0 Å². The molecule has 4 aliphatic rings. The lowest BCUT2D eigenvalue weighted by atomic mass is 9.40. The van der Waals surface area contributed by atoms with Gasteiger partial charge in [-0.05, 0) is 73.5 Å². The molecule has 28 heavy (non-hydrogen) atoms. The lowest BCUT2D eigenvalue weighted by Gasteiger charge is -2.64. The highest BCUT2D eigenvalue weighted by Gasteiger charge is 2.62. The van der Waals surface area contributed by atoms with E-state index in [0.717, 1.165) is 42.7 Å². The van der Waals surface area contributed by atoms with Gasteiger partial charge in [0.25, 0.3) is 0 Å². The van der Waals surface area contributed by atoms with E-state index in [4.69, 9.17) is 0 Å². The third-order valence-corrected chi connectivity index (χ3v) is 7.98. The molecule has 4 saturated carbocycles. The number of nitrogens with one attached hydrogen (secondary N) is 1. The highest BCUT2D eigenvalue weighted by molar-refractivity contribution is 7.22. The van der Waals surface area contributed by atoms with E-state index in [0.29, 0.717) is 21.3 Å². The summed E-state index contributed by atoms with van der Waals surface area (Å²) in [6.07, 6.45) is 1.95. The van der Waals surface area contributed by atoms with Gasteiger partial charge in [0, 0.05) is 0 Å². The van der Waals surface area contributed by atoms with Crippen molar-refractivity contribution in [3.8, 4) is 0 Å². The van der Waals surface area contributed by atoms with Gasteiger partial charge in [-0.3, -0.25) is 4.79 Å². The molecular weight excluding hydrogens is 385 g/mol. The number of benzene rings is 1. The first-order valence-electron chi connectivity index (χ1n) is 9.77. The van der Waals surface area contributed by atoms with Crippen LogP contribution in [-0.4, -0.2) is 10.9 Å². The van der Waals surface area contributed by atoms with Crippen LogP contribution in [0.2, 0.25) is 0 Å². The van der Waals surface area contributed by atoms with Gasteiger partial charge in [0.1, 0.15) is 0 Å². The lowest BCUT2D eigenvalue weighted by Crippen LogP contribution is -2.58. The fraction of sp³-hybridized carbons (Fsp3) is 0.619. The van der Waals surface area contributed by atoms with Crippen LogP contribution in [0.4, 0.5) is 18.3 Å². The van der Waals surface area contributed by atoms with Gasteiger partial charge in [0.15, 0.2) is 5.13 Å². The van der Waals surface area contributed by atoms with E-state index in [9.17, 15) is 18.0 Å². The van der Waals surface area contributed by atoms with Crippen molar-refractivity contribution < 1.29 is 18.0 Å². The zero-order valence-electron chi connectivity index (χ0n) is 15.9. The number of thiazole rings is 1. The fourth-order valence-corrected chi connectivity index (χ4v) is 7.99. The van der Waals surface area contributed by atoms with E-state index in [1.54, 1.807) is 0 Å². The van der Waals surface area contributed by atoms with Gasteiger partial charge in [0.2, 0.25) is 5.91 Å². The van der Waals surface area contributed by atoms with E-state index in [2.05, 4.69) is 24.1 Å². The molecule has 1 aromatic carbocycles. The second kappa shape index (κ2) is 5.49. The zero-order chi connectivity index (χ0) is 19.9. The number of anilines is 1. The average Bonchev–Trinajstić information content (AvgIpc) is 2.91. The molecule has 4 aliphatic carbocycles. The standard InChI is InChI=1S/C21H23F3N2OS/c1-18-6-12-7-19(2,9-18)11-20(8-12,10-18)16(27)26-17-25-14-4-3-13(21(22,23)24)5-15(14)28-17/h3-5,12H,6-11H2,1-2H3,(H,25,26,27). The number of aromatic nitrogens is 1. The minimum absolute atomic E-state index is 0.00384. The maximum Gasteiger partial charge on any atom is 0.416 e. The predicted molar refractivity (Wildman–Crippen MR) is 103 cm³/mol. The van der Waals surface area contributed by atoms with Crippen LogP contribution in [-0.2, 0) is 11.0 Å². The number of carbonyl (C=O) groups is 1. The van der Waals surface area contributed by atoms with Crippen LogP contribution in [0, 0.1) is 22.2 Å². The summed E-state index contributed by atoms with van der Waals surface area (Å²) in [5, 5.41) is 3.36. The van der Waals surface area contributed by atoms with E-state index < -0.39 is 11.7 Å². The van der Waals surface area contributed by atoms with Gasteiger partial charge in [-0.15, -0.1) is 0 Å². The van der Waals surface area contributed by atoms with Gasteiger partial charge in [0.05, 0.1) is 21.2 Å². The number of halogens is 3. The fourth-order valence-electron chi connectivity index (χ4n) is 7.09. The summed E-state index contributed by atoms with van der Waals surface area (Å²) in [7, 11) is 0. The van der Waals surface area contributed by atoms with Gasteiger partial charge in [-0.25, -0.2) is 4.98 Å². The zero-order valence-corrected chi connectivity index (χ0v) is 16.8. The summed E-state index contributed by atoms with van der Waals surface area (Å²) in [4.78, 5) is 17.7. The quantitative estimate of drug-likeness (QED) is 0.638. The molecule has 4 bridgehead atoms. The number of hydrogen-bond donors (Lipinski definition) is 1. The molecule has 7 heteroatoms. The second-order valence-electron chi connectivity index (χ2n) is 10.1. The minimum atomic E-state index is -4.38. The number of hydrogen-bond acceptors (Lipinski definition) is 3.